The molecule has 0 unspecified atom stereocenters. The van der Waals surface area contributed by atoms with Gasteiger partial charge >= 0.3 is 12.4 Å². The van der Waals surface area contributed by atoms with Crippen molar-refractivity contribution < 1.29 is 26.3 Å². The maximum absolute atomic E-state index is 13.3. The Morgan fingerprint density at radius 1 is 0.571 bits per heavy atom. The smallest absolute Gasteiger partial charge is 0.192 e. The van der Waals surface area contributed by atoms with E-state index in [0.717, 1.165) is 17.2 Å². The first kappa shape index (κ1) is 19.5. The van der Waals surface area contributed by atoms with Crippen molar-refractivity contribution in [3.05, 3.63) is 83.4 Å². The minimum atomic E-state index is -5.09. The average Bonchev–Trinajstić information content (AvgIpc) is 2.66. The molecule has 0 heterocycles. The summed E-state index contributed by atoms with van der Waals surface area (Å²) in [6.07, 6.45) is -10.2. The highest BCUT2D eigenvalue weighted by molar-refractivity contribution is 5.72. The standard InChI is InChI=1S/C21H11F6N/c22-20(23,24)18-10-16(11-19(17(18)12-28)21(25,26)27)15-8-6-14(7-9-15)13-4-2-1-3-5-13/h1-11H. The van der Waals surface area contributed by atoms with Crippen molar-refractivity contribution in [2.45, 2.75) is 12.4 Å². The zero-order chi connectivity index (χ0) is 20.5. The number of hydrogen-bond acceptors (Lipinski definition) is 1. The fourth-order valence-electron chi connectivity index (χ4n) is 2.86. The van der Waals surface area contributed by atoms with Gasteiger partial charge in [-0.25, -0.2) is 0 Å². The first-order valence-electron chi connectivity index (χ1n) is 7.99. The lowest BCUT2D eigenvalue weighted by molar-refractivity contribution is -0.143. The SMILES string of the molecule is N#Cc1c(C(F)(F)F)cc(-c2ccc(-c3ccccc3)cc2)cc1C(F)(F)F. The average molecular weight is 391 g/mol. The number of halogens is 6. The second kappa shape index (κ2) is 7.04. The number of nitriles is 1. The van der Waals surface area contributed by atoms with Crippen molar-refractivity contribution in [1.29, 1.82) is 5.26 Å². The van der Waals surface area contributed by atoms with Crippen molar-refractivity contribution in [3.8, 4) is 28.3 Å². The molecular weight excluding hydrogens is 380 g/mol. The molecule has 0 spiro atoms. The molecule has 0 saturated carbocycles. The summed E-state index contributed by atoms with van der Waals surface area (Å²) >= 11 is 0. The molecule has 1 nitrogen and oxygen atoms in total. The van der Waals surface area contributed by atoms with Gasteiger partial charge in [0.15, 0.2) is 0 Å². The van der Waals surface area contributed by atoms with Gasteiger partial charge in [-0.15, -0.1) is 0 Å². The summed E-state index contributed by atoms with van der Waals surface area (Å²) in [5.74, 6) is 0. The zero-order valence-electron chi connectivity index (χ0n) is 14.1. The number of benzene rings is 3. The molecule has 0 N–H and O–H groups in total. The molecule has 0 aliphatic heterocycles. The fourth-order valence-corrected chi connectivity index (χ4v) is 2.86. The molecule has 0 radical (unpaired) electrons. The predicted molar refractivity (Wildman–Crippen MR) is 92.0 cm³/mol. The van der Waals surface area contributed by atoms with E-state index in [4.69, 9.17) is 5.26 Å². The van der Waals surface area contributed by atoms with Crippen LogP contribution < -0.4 is 0 Å². The van der Waals surface area contributed by atoms with Gasteiger partial charge in [-0.05, 0) is 34.4 Å². The van der Waals surface area contributed by atoms with Crippen LogP contribution in [0.2, 0.25) is 0 Å². The van der Waals surface area contributed by atoms with E-state index < -0.39 is 29.0 Å². The Morgan fingerprint density at radius 2 is 0.964 bits per heavy atom. The van der Waals surface area contributed by atoms with Gasteiger partial charge in [0, 0.05) is 0 Å². The van der Waals surface area contributed by atoms with Crippen molar-refractivity contribution in [2.75, 3.05) is 0 Å². The van der Waals surface area contributed by atoms with Crippen LogP contribution >= 0.6 is 0 Å². The molecule has 0 saturated heterocycles. The third-order valence-electron chi connectivity index (χ3n) is 4.19. The molecule has 0 amide bonds. The summed E-state index contributed by atoms with van der Waals surface area (Å²) in [6.45, 7) is 0. The highest BCUT2D eigenvalue weighted by Crippen LogP contribution is 2.42. The molecular formula is C21H11F6N. The van der Waals surface area contributed by atoms with Crippen molar-refractivity contribution in [3.63, 3.8) is 0 Å². The molecule has 0 aliphatic rings. The van der Waals surface area contributed by atoms with Crippen molar-refractivity contribution in [2.24, 2.45) is 0 Å². The number of hydrogen-bond donors (Lipinski definition) is 0. The largest absolute Gasteiger partial charge is 0.417 e. The Hall–Kier alpha value is -3.27. The maximum Gasteiger partial charge on any atom is 0.417 e. The first-order valence-corrected chi connectivity index (χ1v) is 7.99. The van der Waals surface area contributed by atoms with Gasteiger partial charge < -0.3 is 0 Å². The summed E-state index contributed by atoms with van der Waals surface area (Å²) in [5, 5.41) is 8.90. The van der Waals surface area contributed by atoms with E-state index in [1.807, 2.05) is 30.3 Å². The Bertz CT molecular complexity index is 991. The normalized spacial score (nSPS) is 11.9. The van der Waals surface area contributed by atoms with E-state index in [9.17, 15) is 26.3 Å². The third-order valence-corrected chi connectivity index (χ3v) is 4.19. The molecule has 7 heteroatoms. The molecule has 0 bridgehead atoms. The van der Waals surface area contributed by atoms with Gasteiger partial charge in [0.25, 0.3) is 0 Å². The Morgan fingerprint density at radius 3 is 1.36 bits per heavy atom. The number of rotatable bonds is 2. The van der Waals surface area contributed by atoms with Crippen LogP contribution in [0.3, 0.4) is 0 Å². The van der Waals surface area contributed by atoms with Crippen LogP contribution in [-0.4, -0.2) is 0 Å². The minimum Gasteiger partial charge on any atom is -0.192 e. The lowest BCUT2D eigenvalue weighted by Gasteiger charge is -2.17. The summed E-state index contributed by atoms with van der Waals surface area (Å²) < 4.78 is 79.6. The van der Waals surface area contributed by atoms with Crippen LogP contribution in [0.5, 0.6) is 0 Å². The van der Waals surface area contributed by atoms with E-state index in [1.165, 1.54) is 12.1 Å². The molecule has 3 rings (SSSR count). The van der Waals surface area contributed by atoms with Gasteiger partial charge in [-0.2, -0.15) is 31.6 Å². The van der Waals surface area contributed by atoms with Crippen LogP contribution in [0, 0.1) is 11.3 Å². The predicted octanol–water partition coefficient (Wildman–Crippen LogP) is 6.93. The molecule has 3 aromatic rings. The minimum absolute atomic E-state index is 0.181. The number of nitrogens with zero attached hydrogens (tertiary/aromatic N) is 1. The Kier molecular flexibility index (Phi) is 4.90. The summed E-state index contributed by atoms with van der Waals surface area (Å²) in [4.78, 5) is 0. The molecule has 0 aromatic heterocycles. The van der Waals surface area contributed by atoms with Gasteiger partial charge in [-0.1, -0.05) is 54.6 Å². The molecule has 0 atom stereocenters. The highest BCUT2D eigenvalue weighted by Gasteiger charge is 2.41. The van der Waals surface area contributed by atoms with E-state index in [2.05, 4.69) is 0 Å². The van der Waals surface area contributed by atoms with E-state index in [-0.39, 0.29) is 11.1 Å². The molecule has 3 aromatic carbocycles. The second-order valence-electron chi connectivity index (χ2n) is 6.00. The van der Waals surface area contributed by atoms with Crippen LogP contribution in [0.25, 0.3) is 22.3 Å². The quantitative estimate of drug-likeness (QED) is 0.435. The fraction of sp³-hybridized carbons (Fsp3) is 0.0952. The second-order valence-corrected chi connectivity index (χ2v) is 6.00. The van der Waals surface area contributed by atoms with Crippen molar-refractivity contribution >= 4 is 0 Å². The van der Waals surface area contributed by atoms with Crippen molar-refractivity contribution in [1.82, 2.24) is 0 Å². The van der Waals surface area contributed by atoms with E-state index in [0.29, 0.717) is 12.1 Å². The van der Waals surface area contributed by atoms with E-state index >= 15 is 0 Å². The van der Waals surface area contributed by atoms with Gasteiger partial charge in [-0.3, -0.25) is 0 Å². The Balaban J connectivity index is 2.16. The summed E-state index contributed by atoms with van der Waals surface area (Å²) in [6, 6.07) is 17.4. The Labute approximate surface area is 156 Å². The topological polar surface area (TPSA) is 23.8 Å². The summed E-state index contributed by atoms with van der Waals surface area (Å²) in [5.41, 5.74) is -3.09. The summed E-state index contributed by atoms with van der Waals surface area (Å²) in [7, 11) is 0. The molecule has 0 aliphatic carbocycles. The van der Waals surface area contributed by atoms with Crippen LogP contribution in [0.4, 0.5) is 26.3 Å². The molecule has 0 fully saturated rings. The van der Waals surface area contributed by atoms with Crippen LogP contribution in [0.1, 0.15) is 16.7 Å². The third kappa shape index (κ3) is 3.86. The highest BCUT2D eigenvalue weighted by atomic mass is 19.4. The first-order chi connectivity index (χ1) is 13.1. The number of alkyl halides is 6. The monoisotopic (exact) mass is 391 g/mol. The van der Waals surface area contributed by atoms with Gasteiger partial charge in [0.1, 0.15) is 6.07 Å². The zero-order valence-corrected chi connectivity index (χ0v) is 14.1. The van der Waals surface area contributed by atoms with Crippen LogP contribution in [-0.2, 0) is 12.4 Å². The lowest BCUT2D eigenvalue weighted by atomic mass is 9.93. The molecule has 28 heavy (non-hydrogen) atoms. The lowest BCUT2D eigenvalue weighted by Crippen LogP contribution is -2.15. The maximum atomic E-state index is 13.3. The van der Waals surface area contributed by atoms with Gasteiger partial charge in [0.2, 0.25) is 0 Å². The molecule has 142 valence electrons. The van der Waals surface area contributed by atoms with E-state index in [1.54, 1.807) is 12.1 Å². The van der Waals surface area contributed by atoms with Crippen LogP contribution in [0.15, 0.2) is 66.7 Å². The van der Waals surface area contributed by atoms with Gasteiger partial charge in [0.05, 0.1) is 16.7 Å².